The van der Waals surface area contributed by atoms with Crippen molar-refractivity contribution in [3.63, 3.8) is 0 Å². The number of nitrogens with two attached hydrogens (primary N) is 1. The van der Waals surface area contributed by atoms with Gasteiger partial charge in [-0.25, -0.2) is 0 Å². The third-order valence-electron chi connectivity index (χ3n) is 2.94. The Labute approximate surface area is 117 Å². The van der Waals surface area contributed by atoms with Gasteiger partial charge >= 0.3 is 5.97 Å². The SMILES string of the molecule is COc1ccc(C(CC(=O)O)C(C)N)c(Cl)c1OC. The Kier molecular flexibility index (Phi) is 5.44. The molecule has 2 unspecified atom stereocenters. The van der Waals surface area contributed by atoms with Crippen LogP contribution < -0.4 is 15.2 Å². The number of halogens is 1. The fourth-order valence-corrected chi connectivity index (χ4v) is 2.33. The molecule has 0 aliphatic carbocycles. The Hall–Kier alpha value is -1.46. The van der Waals surface area contributed by atoms with E-state index in [1.54, 1.807) is 19.1 Å². The zero-order valence-corrected chi connectivity index (χ0v) is 11.9. The van der Waals surface area contributed by atoms with Gasteiger partial charge in [0.2, 0.25) is 0 Å². The lowest BCUT2D eigenvalue weighted by molar-refractivity contribution is -0.137. The third-order valence-corrected chi connectivity index (χ3v) is 3.33. The lowest BCUT2D eigenvalue weighted by Gasteiger charge is -2.22. The lowest BCUT2D eigenvalue weighted by atomic mass is 9.89. The molecule has 0 radical (unpaired) electrons. The van der Waals surface area contributed by atoms with Crippen molar-refractivity contribution in [3.8, 4) is 11.5 Å². The summed E-state index contributed by atoms with van der Waals surface area (Å²) in [5.74, 6) is -0.425. The normalized spacial score (nSPS) is 13.7. The fourth-order valence-electron chi connectivity index (χ4n) is 1.96. The number of carboxylic acid groups (broad SMARTS) is 1. The maximum atomic E-state index is 10.9. The monoisotopic (exact) mass is 287 g/mol. The van der Waals surface area contributed by atoms with Crippen LogP contribution in [0.4, 0.5) is 0 Å². The predicted molar refractivity (Wildman–Crippen MR) is 73.2 cm³/mol. The zero-order valence-electron chi connectivity index (χ0n) is 11.1. The molecule has 0 saturated carbocycles. The molecule has 0 fully saturated rings. The Morgan fingerprint density at radius 1 is 1.42 bits per heavy atom. The molecule has 6 heteroatoms. The summed E-state index contributed by atoms with van der Waals surface area (Å²) in [6.45, 7) is 1.75. The van der Waals surface area contributed by atoms with Crippen LogP contribution in [0.1, 0.15) is 24.8 Å². The minimum atomic E-state index is -0.923. The molecule has 0 heterocycles. The molecule has 0 saturated heterocycles. The highest BCUT2D eigenvalue weighted by Gasteiger charge is 2.25. The second-order valence-corrected chi connectivity index (χ2v) is 4.65. The van der Waals surface area contributed by atoms with Gasteiger partial charge in [-0.05, 0) is 18.6 Å². The van der Waals surface area contributed by atoms with Gasteiger partial charge in [0.25, 0.3) is 0 Å². The minimum absolute atomic E-state index is 0.0904. The Balaban J connectivity index is 3.28. The van der Waals surface area contributed by atoms with Crippen LogP contribution >= 0.6 is 11.6 Å². The first-order chi connectivity index (χ1) is 8.92. The highest BCUT2D eigenvalue weighted by Crippen LogP contribution is 2.41. The zero-order chi connectivity index (χ0) is 14.6. The van der Waals surface area contributed by atoms with Crippen LogP contribution in [0.2, 0.25) is 5.02 Å². The van der Waals surface area contributed by atoms with E-state index in [1.165, 1.54) is 14.2 Å². The van der Waals surface area contributed by atoms with Gasteiger partial charge in [0.05, 0.1) is 25.7 Å². The maximum Gasteiger partial charge on any atom is 0.304 e. The van der Waals surface area contributed by atoms with Crippen LogP contribution in [-0.4, -0.2) is 31.3 Å². The second kappa shape index (κ2) is 6.63. The topological polar surface area (TPSA) is 81.8 Å². The van der Waals surface area contributed by atoms with Gasteiger partial charge in [0, 0.05) is 12.0 Å². The van der Waals surface area contributed by atoms with Crippen molar-refractivity contribution in [2.24, 2.45) is 5.73 Å². The maximum absolute atomic E-state index is 10.9. The first-order valence-corrected chi connectivity index (χ1v) is 6.17. The predicted octanol–water partition coefficient (Wildman–Crippen LogP) is 2.26. The van der Waals surface area contributed by atoms with E-state index in [-0.39, 0.29) is 18.4 Å². The molecular weight excluding hydrogens is 270 g/mol. The number of rotatable bonds is 6. The van der Waals surface area contributed by atoms with Crippen LogP contribution in [0.25, 0.3) is 0 Å². The minimum Gasteiger partial charge on any atom is -0.493 e. The highest BCUT2D eigenvalue weighted by molar-refractivity contribution is 6.33. The summed E-state index contributed by atoms with van der Waals surface area (Å²) in [4.78, 5) is 10.9. The molecule has 0 bridgehead atoms. The summed E-state index contributed by atoms with van der Waals surface area (Å²) in [5.41, 5.74) is 6.50. The second-order valence-electron chi connectivity index (χ2n) is 4.27. The summed E-state index contributed by atoms with van der Waals surface area (Å²) in [7, 11) is 2.99. The van der Waals surface area contributed by atoms with E-state index in [2.05, 4.69) is 0 Å². The van der Waals surface area contributed by atoms with Crippen LogP contribution in [0.5, 0.6) is 11.5 Å². The number of ether oxygens (including phenoxy) is 2. The van der Waals surface area contributed by atoms with E-state index in [1.807, 2.05) is 0 Å². The van der Waals surface area contributed by atoms with E-state index >= 15 is 0 Å². The molecule has 0 aliphatic heterocycles. The van der Waals surface area contributed by atoms with Crippen molar-refractivity contribution >= 4 is 17.6 Å². The van der Waals surface area contributed by atoms with Crippen LogP contribution in [0.3, 0.4) is 0 Å². The van der Waals surface area contributed by atoms with Gasteiger partial charge in [0.15, 0.2) is 11.5 Å². The Morgan fingerprint density at radius 2 is 2.05 bits per heavy atom. The van der Waals surface area contributed by atoms with Crippen LogP contribution in [0.15, 0.2) is 12.1 Å². The summed E-state index contributed by atoms with van der Waals surface area (Å²) in [6.07, 6.45) is -0.0904. The van der Waals surface area contributed by atoms with Gasteiger partial charge in [0.1, 0.15) is 0 Å². The fraction of sp³-hybridized carbons (Fsp3) is 0.462. The number of carboxylic acids is 1. The van der Waals surface area contributed by atoms with E-state index < -0.39 is 5.97 Å². The number of hydrogen-bond acceptors (Lipinski definition) is 4. The van der Waals surface area contributed by atoms with Gasteiger partial charge < -0.3 is 20.3 Å². The van der Waals surface area contributed by atoms with Crippen molar-refractivity contribution in [3.05, 3.63) is 22.7 Å². The molecule has 19 heavy (non-hydrogen) atoms. The standard InChI is InChI=1S/C13H18ClNO4/c1-7(15)9(6-11(16)17)8-4-5-10(18-2)13(19-3)12(8)14/h4-5,7,9H,6,15H2,1-3H3,(H,16,17). The van der Waals surface area contributed by atoms with E-state index in [4.69, 9.17) is 31.9 Å². The van der Waals surface area contributed by atoms with Gasteiger partial charge in [-0.15, -0.1) is 0 Å². The molecule has 5 nitrogen and oxygen atoms in total. The highest BCUT2D eigenvalue weighted by atomic mass is 35.5. The molecule has 2 atom stereocenters. The number of hydrogen-bond donors (Lipinski definition) is 2. The quantitative estimate of drug-likeness (QED) is 0.839. The number of carbonyl (C=O) groups is 1. The third kappa shape index (κ3) is 3.52. The summed E-state index contributed by atoms with van der Waals surface area (Å²) < 4.78 is 10.3. The molecule has 1 aromatic rings. The Morgan fingerprint density at radius 3 is 2.47 bits per heavy atom. The van der Waals surface area contributed by atoms with Crippen LogP contribution in [0, 0.1) is 0 Å². The molecule has 106 valence electrons. The average molecular weight is 288 g/mol. The molecule has 0 amide bonds. The number of methoxy groups -OCH3 is 2. The lowest BCUT2D eigenvalue weighted by Crippen LogP contribution is -2.27. The number of benzene rings is 1. The molecule has 3 N–H and O–H groups in total. The van der Waals surface area contributed by atoms with E-state index in [9.17, 15) is 4.79 Å². The van der Waals surface area contributed by atoms with E-state index in [0.717, 1.165) is 0 Å². The smallest absolute Gasteiger partial charge is 0.304 e. The first kappa shape index (κ1) is 15.6. The van der Waals surface area contributed by atoms with Crippen molar-refractivity contribution in [2.75, 3.05) is 14.2 Å². The molecule has 1 aromatic carbocycles. The molecule has 1 rings (SSSR count). The molecule has 0 spiro atoms. The van der Waals surface area contributed by atoms with Crippen molar-refractivity contribution in [2.45, 2.75) is 25.3 Å². The Bertz CT molecular complexity index is 462. The average Bonchev–Trinajstić information content (AvgIpc) is 2.35. The van der Waals surface area contributed by atoms with Gasteiger partial charge in [-0.2, -0.15) is 0 Å². The largest absolute Gasteiger partial charge is 0.493 e. The molecule has 0 aliphatic rings. The summed E-state index contributed by atoms with van der Waals surface area (Å²) in [6, 6.07) is 3.07. The summed E-state index contributed by atoms with van der Waals surface area (Å²) in [5, 5.41) is 9.30. The molecule has 0 aromatic heterocycles. The number of aliphatic carboxylic acids is 1. The summed E-state index contributed by atoms with van der Waals surface area (Å²) >= 11 is 6.26. The van der Waals surface area contributed by atoms with Crippen molar-refractivity contribution < 1.29 is 19.4 Å². The van der Waals surface area contributed by atoms with Crippen LogP contribution in [-0.2, 0) is 4.79 Å². The van der Waals surface area contributed by atoms with Gasteiger partial charge in [-0.3, -0.25) is 4.79 Å². The van der Waals surface area contributed by atoms with Gasteiger partial charge in [-0.1, -0.05) is 17.7 Å². The van der Waals surface area contributed by atoms with Crippen molar-refractivity contribution in [1.29, 1.82) is 0 Å². The van der Waals surface area contributed by atoms with E-state index in [0.29, 0.717) is 22.1 Å². The first-order valence-electron chi connectivity index (χ1n) is 5.80. The van der Waals surface area contributed by atoms with Crippen molar-refractivity contribution in [1.82, 2.24) is 0 Å². The molecular formula is C13H18ClNO4.